The molecule has 148 valence electrons. The number of hydrogen-bond acceptors (Lipinski definition) is 7. The van der Waals surface area contributed by atoms with E-state index in [4.69, 9.17) is 20.9 Å². The molecule has 0 radical (unpaired) electrons. The van der Waals surface area contributed by atoms with E-state index >= 15 is 0 Å². The fraction of sp³-hybridized carbons (Fsp3) is 0.389. The maximum Gasteiger partial charge on any atom is 0.326 e. The van der Waals surface area contributed by atoms with Crippen LogP contribution in [0.25, 0.3) is 11.4 Å². The van der Waals surface area contributed by atoms with Gasteiger partial charge in [-0.25, -0.2) is 4.79 Å². The lowest BCUT2D eigenvalue weighted by Crippen LogP contribution is -2.46. The van der Waals surface area contributed by atoms with Crippen molar-refractivity contribution in [2.24, 2.45) is 0 Å². The van der Waals surface area contributed by atoms with Gasteiger partial charge in [-0.2, -0.15) is 4.98 Å². The highest BCUT2D eigenvalue weighted by Gasteiger charge is 2.49. The molecule has 1 aliphatic rings. The highest BCUT2D eigenvalue weighted by atomic mass is 35.5. The predicted molar refractivity (Wildman–Crippen MR) is 98.1 cm³/mol. The summed E-state index contributed by atoms with van der Waals surface area (Å²) in [7, 11) is 0. The summed E-state index contributed by atoms with van der Waals surface area (Å²) in [5.41, 5.74) is -0.266. The van der Waals surface area contributed by atoms with Crippen LogP contribution in [0.3, 0.4) is 0 Å². The number of hydrogen-bond donors (Lipinski definition) is 1. The second-order valence-corrected chi connectivity index (χ2v) is 6.73. The molecule has 0 bridgehead atoms. The number of aromatic nitrogens is 2. The van der Waals surface area contributed by atoms with E-state index in [-0.39, 0.29) is 12.5 Å². The maximum atomic E-state index is 12.5. The van der Waals surface area contributed by atoms with Gasteiger partial charge in [-0.15, -0.1) is 0 Å². The number of halogens is 1. The van der Waals surface area contributed by atoms with Crippen LogP contribution in [-0.2, 0) is 20.9 Å². The Hall–Kier alpha value is -2.94. The van der Waals surface area contributed by atoms with Gasteiger partial charge >= 0.3 is 12.0 Å². The summed E-state index contributed by atoms with van der Waals surface area (Å²) < 4.78 is 10.1. The van der Waals surface area contributed by atoms with Crippen molar-refractivity contribution in [3.63, 3.8) is 0 Å². The molecule has 9 nitrogen and oxygen atoms in total. The summed E-state index contributed by atoms with van der Waals surface area (Å²) in [5, 5.41) is 7.04. The summed E-state index contributed by atoms with van der Waals surface area (Å²) in [6, 6.07) is 6.24. The van der Waals surface area contributed by atoms with Crippen LogP contribution in [0, 0.1) is 0 Å². The van der Waals surface area contributed by atoms with Gasteiger partial charge in [0, 0.05) is 10.6 Å². The Morgan fingerprint density at radius 3 is 2.54 bits per heavy atom. The van der Waals surface area contributed by atoms with E-state index in [1.807, 2.05) is 0 Å². The first kappa shape index (κ1) is 19.8. The number of ether oxygens (including phenoxy) is 1. The van der Waals surface area contributed by atoms with Crippen molar-refractivity contribution >= 4 is 29.5 Å². The summed E-state index contributed by atoms with van der Waals surface area (Å²) >= 11 is 5.84. The smallest absolute Gasteiger partial charge is 0.326 e. The van der Waals surface area contributed by atoms with Gasteiger partial charge in [0.05, 0.1) is 0 Å². The Morgan fingerprint density at radius 1 is 1.25 bits per heavy atom. The molecule has 0 aliphatic carbocycles. The third-order valence-corrected chi connectivity index (χ3v) is 4.92. The first-order valence-electron chi connectivity index (χ1n) is 8.76. The van der Waals surface area contributed by atoms with Crippen LogP contribution in [0.15, 0.2) is 28.8 Å². The Kier molecular flexibility index (Phi) is 5.64. The lowest BCUT2D eigenvalue weighted by atomic mass is 9.93. The molecule has 0 saturated carbocycles. The Labute approximate surface area is 166 Å². The monoisotopic (exact) mass is 406 g/mol. The lowest BCUT2D eigenvalue weighted by Gasteiger charge is -2.22. The fourth-order valence-corrected chi connectivity index (χ4v) is 3.02. The number of amides is 3. The zero-order valence-corrected chi connectivity index (χ0v) is 16.2. The van der Waals surface area contributed by atoms with Crippen LogP contribution >= 0.6 is 11.6 Å². The molecule has 28 heavy (non-hydrogen) atoms. The number of rotatable bonds is 7. The van der Waals surface area contributed by atoms with Crippen LogP contribution in [0.4, 0.5) is 4.79 Å². The van der Waals surface area contributed by atoms with Gasteiger partial charge in [-0.05, 0) is 37.1 Å². The molecule has 0 spiro atoms. The molecule has 2 aromatic rings. The Morgan fingerprint density at radius 2 is 1.93 bits per heavy atom. The normalized spacial score (nSPS) is 15.6. The van der Waals surface area contributed by atoms with Gasteiger partial charge in [0.15, 0.2) is 6.61 Å². The molecular weight excluding hydrogens is 388 g/mol. The van der Waals surface area contributed by atoms with Crippen molar-refractivity contribution in [3.8, 4) is 11.4 Å². The van der Waals surface area contributed by atoms with Crippen LogP contribution in [-0.4, -0.2) is 45.0 Å². The number of esters is 1. The summed E-state index contributed by atoms with van der Waals surface area (Å²) in [4.78, 5) is 41.6. The SMILES string of the molecule is CCC1(CC)NC(=O)N(CC(=O)OCc2nc(-c3ccc(Cl)cc3)no2)C1=O. The minimum Gasteiger partial charge on any atom is -0.454 e. The largest absolute Gasteiger partial charge is 0.454 e. The van der Waals surface area contributed by atoms with E-state index in [2.05, 4.69) is 15.5 Å². The lowest BCUT2D eigenvalue weighted by molar-refractivity contribution is -0.149. The van der Waals surface area contributed by atoms with Gasteiger partial charge in [0.25, 0.3) is 11.8 Å². The van der Waals surface area contributed by atoms with Gasteiger partial charge in [-0.3, -0.25) is 14.5 Å². The number of imide groups is 1. The molecule has 1 aromatic carbocycles. The van der Waals surface area contributed by atoms with Crippen molar-refractivity contribution in [2.45, 2.75) is 38.8 Å². The molecule has 0 atom stereocenters. The fourth-order valence-electron chi connectivity index (χ4n) is 2.90. The highest BCUT2D eigenvalue weighted by molar-refractivity contribution is 6.30. The average Bonchev–Trinajstić information content (AvgIpc) is 3.25. The molecule has 2 heterocycles. The summed E-state index contributed by atoms with van der Waals surface area (Å²) in [6.45, 7) is 2.86. The number of carbonyl (C=O) groups excluding carboxylic acids is 3. The maximum absolute atomic E-state index is 12.5. The first-order valence-corrected chi connectivity index (χ1v) is 9.14. The second kappa shape index (κ2) is 7.97. The van der Waals surface area contributed by atoms with E-state index < -0.39 is 30.0 Å². The Balaban J connectivity index is 1.57. The Bertz CT molecular complexity index is 892. The second-order valence-electron chi connectivity index (χ2n) is 6.29. The summed E-state index contributed by atoms with van der Waals surface area (Å²) in [6.07, 6.45) is 0.879. The standard InChI is InChI=1S/C18H19ClN4O5/c1-3-18(4-2)16(25)23(17(26)21-18)9-14(24)27-10-13-20-15(22-28-13)11-5-7-12(19)8-6-11/h5-8H,3-4,9-10H2,1-2H3,(H,21,26). The van der Waals surface area contributed by atoms with Gasteiger partial charge in [-0.1, -0.05) is 30.6 Å². The number of carbonyl (C=O) groups is 3. The molecule has 1 saturated heterocycles. The zero-order chi connectivity index (χ0) is 20.3. The van der Waals surface area contributed by atoms with E-state index in [9.17, 15) is 14.4 Å². The molecule has 0 unspecified atom stereocenters. The average molecular weight is 407 g/mol. The van der Waals surface area contributed by atoms with Crippen LogP contribution in [0.2, 0.25) is 5.02 Å². The molecular formula is C18H19ClN4O5. The molecule has 1 aromatic heterocycles. The number of urea groups is 1. The third kappa shape index (κ3) is 3.84. The van der Waals surface area contributed by atoms with Crippen molar-refractivity contribution in [2.75, 3.05) is 6.54 Å². The minimum absolute atomic E-state index is 0.0898. The van der Waals surface area contributed by atoms with Gasteiger partial charge < -0.3 is 14.6 Å². The van der Waals surface area contributed by atoms with Crippen molar-refractivity contribution in [1.82, 2.24) is 20.4 Å². The first-order chi connectivity index (χ1) is 13.4. The highest BCUT2D eigenvalue weighted by Crippen LogP contribution is 2.25. The number of benzene rings is 1. The van der Waals surface area contributed by atoms with E-state index in [0.717, 1.165) is 4.90 Å². The van der Waals surface area contributed by atoms with Crippen LogP contribution < -0.4 is 5.32 Å². The van der Waals surface area contributed by atoms with Crippen LogP contribution in [0.1, 0.15) is 32.6 Å². The molecule has 1 fully saturated rings. The van der Waals surface area contributed by atoms with E-state index in [0.29, 0.717) is 29.3 Å². The number of nitrogens with zero attached hydrogens (tertiary/aromatic N) is 3. The molecule has 3 amide bonds. The molecule has 3 rings (SSSR count). The van der Waals surface area contributed by atoms with Crippen molar-refractivity contribution < 1.29 is 23.6 Å². The minimum atomic E-state index is -0.961. The number of nitrogens with one attached hydrogen (secondary N) is 1. The molecule has 1 N–H and O–H groups in total. The quantitative estimate of drug-likeness (QED) is 0.555. The summed E-state index contributed by atoms with van der Waals surface area (Å²) in [5.74, 6) is -0.764. The molecule has 1 aliphatic heterocycles. The third-order valence-electron chi connectivity index (χ3n) is 4.67. The van der Waals surface area contributed by atoms with Gasteiger partial charge in [0.2, 0.25) is 5.82 Å². The van der Waals surface area contributed by atoms with Gasteiger partial charge in [0.1, 0.15) is 12.1 Å². The zero-order valence-electron chi connectivity index (χ0n) is 15.4. The van der Waals surface area contributed by atoms with Crippen molar-refractivity contribution in [3.05, 3.63) is 35.2 Å². The topological polar surface area (TPSA) is 115 Å². The van der Waals surface area contributed by atoms with E-state index in [1.165, 1.54) is 0 Å². The van der Waals surface area contributed by atoms with Crippen molar-refractivity contribution in [1.29, 1.82) is 0 Å². The predicted octanol–water partition coefficient (Wildman–Crippen LogP) is 2.54. The van der Waals surface area contributed by atoms with E-state index in [1.54, 1.807) is 38.1 Å². The van der Waals surface area contributed by atoms with Crippen LogP contribution in [0.5, 0.6) is 0 Å². The molecule has 10 heteroatoms.